The van der Waals surface area contributed by atoms with Crippen molar-refractivity contribution in [1.82, 2.24) is 15.2 Å². The average Bonchev–Trinajstić information content (AvgIpc) is 3.20. The van der Waals surface area contributed by atoms with Gasteiger partial charge in [-0.3, -0.25) is 4.79 Å². The highest BCUT2D eigenvalue weighted by Crippen LogP contribution is 2.29. The molecule has 26 heavy (non-hydrogen) atoms. The van der Waals surface area contributed by atoms with Crippen molar-refractivity contribution in [3.63, 3.8) is 0 Å². The maximum Gasteiger partial charge on any atom is 0.251 e. The summed E-state index contributed by atoms with van der Waals surface area (Å²) >= 11 is 0. The molecule has 2 heterocycles. The minimum Gasteiger partial charge on any atom is -0.358 e. The van der Waals surface area contributed by atoms with Gasteiger partial charge in [0.25, 0.3) is 5.91 Å². The topological polar surface area (TPSA) is 48.1 Å². The van der Waals surface area contributed by atoms with E-state index in [1.807, 2.05) is 6.07 Å². The smallest absolute Gasteiger partial charge is 0.251 e. The molecule has 2 aromatic rings. The molecule has 2 aliphatic rings. The molecular formula is C22H31N3O. The number of nitrogens with one attached hydrogen (secondary N) is 2. The summed E-state index contributed by atoms with van der Waals surface area (Å²) in [4.78, 5) is 18.7. The van der Waals surface area contributed by atoms with Gasteiger partial charge in [-0.05, 0) is 81.3 Å². The average molecular weight is 354 g/mol. The normalized spacial score (nSPS) is 19.3. The summed E-state index contributed by atoms with van der Waals surface area (Å²) < 4.78 is 0. The SMILES string of the molecule is C[C@@H](CNC(=O)c1ccc2[nH]c3c(c2c1)CCCCC3)CN1CCCC1. The van der Waals surface area contributed by atoms with E-state index in [4.69, 9.17) is 0 Å². The Morgan fingerprint density at radius 1 is 1.15 bits per heavy atom. The van der Waals surface area contributed by atoms with E-state index < -0.39 is 0 Å². The molecule has 1 aliphatic carbocycles. The van der Waals surface area contributed by atoms with Crippen molar-refractivity contribution in [2.45, 2.75) is 51.9 Å². The Labute approximate surface area is 156 Å². The number of carbonyl (C=O) groups is 1. The fourth-order valence-electron chi connectivity index (χ4n) is 4.56. The van der Waals surface area contributed by atoms with E-state index in [-0.39, 0.29) is 5.91 Å². The monoisotopic (exact) mass is 353 g/mol. The molecule has 1 aromatic heterocycles. The lowest BCUT2D eigenvalue weighted by Gasteiger charge is -2.20. The number of likely N-dealkylation sites (tertiary alicyclic amines) is 1. The number of aryl methyl sites for hydroxylation is 2. The zero-order chi connectivity index (χ0) is 17.9. The molecular weight excluding hydrogens is 322 g/mol. The molecule has 1 aromatic carbocycles. The first-order valence-corrected chi connectivity index (χ1v) is 10.3. The third-order valence-corrected chi connectivity index (χ3v) is 5.99. The Kier molecular flexibility index (Phi) is 5.30. The zero-order valence-electron chi connectivity index (χ0n) is 15.9. The first kappa shape index (κ1) is 17.6. The third-order valence-electron chi connectivity index (χ3n) is 5.99. The van der Waals surface area contributed by atoms with Crippen LogP contribution in [0.15, 0.2) is 18.2 Å². The molecule has 0 unspecified atom stereocenters. The van der Waals surface area contributed by atoms with Crippen molar-refractivity contribution in [3.8, 4) is 0 Å². The van der Waals surface area contributed by atoms with E-state index in [9.17, 15) is 4.79 Å². The van der Waals surface area contributed by atoms with Crippen LogP contribution < -0.4 is 5.32 Å². The van der Waals surface area contributed by atoms with Gasteiger partial charge in [0.05, 0.1) is 0 Å². The number of rotatable bonds is 5. The lowest BCUT2D eigenvalue weighted by atomic mass is 10.0. The van der Waals surface area contributed by atoms with Crippen LogP contribution in [0.5, 0.6) is 0 Å². The van der Waals surface area contributed by atoms with Gasteiger partial charge in [-0.15, -0.1) is 0 Å². The quantitative estimate of drug-likeness (QED) is 0.801. The highest BCUT2D eigenvalue weighted by molar-refractivity contribution is 5.99. The summed E-state index contributed by atoms with van der Waals surface area (Å²) in [6, 6.07) is 6.13. The van der Waals surface area contributed by atoms with Gasteiger partial charge >= 0.3 is 0 Å². The highest BCUT2D eigenvalue weighted by atomic mass is 16.1. The van der Waals surface area contributed by atoms with Crippen molar-refractivity contribution in [1.29, 1.82) is 0 Å². The number of benzene rings is 1. The first-order valence-electron chi connectivity index (χ1n) is 10.3. The van der Waals surface area contributed by atoms with E-state index in [2.05, 4.69) is 34.3 Å². The number of aromatic amines is 1. The Hall–Kier alpha value is -1.81. The molecule has 1 fully saturated rings. The minimum absolute atomic E-state index is 0.0590. The summed E-state index contributed by atoms with van der Waals surface area (Å²) in [6.45, 7) is 6.50. The Morgan fingerprint density at radius 2 is 1.96 bits per heavy atom. The van der Waals surface area contributed by atoms with Crippen LogP contribution in [-0.4, -0.2) is 42.0 Å². The van der Waals surface area contributed by atoms with Gasteiger partial charge in [-0.1, -0.05) is 13.3 Å². The predicted octanol–water partition coefficient (Wildman–Crippen LogP) is 3.90. The van der Waals surface area contributed by atoms with Crippen molar-refractivity contribution in [3.05, 3.63) is 35.0 Å². The molecule has 140 valence electrons. The number of hydrogen-bond acceptors (Lipinski definition) is 2. The molecule has 0 bridgehead atoms. The van der Waals surface area contributed by atoms with E-state index in [0.717, 1.165) is 31.5 Å². The molecule has 1 atom stereocenters. The predicted molar refractivity (Wildman–Crippen MR) is 107 cm³/mol. The molecule has 1 saturated heterocycles. The van der Waals surface area contributed by atoms with Crippen LogP contribution in [0.1, 0.15) is 60.6 Å². The fourth-order valence-corrected chi connectivity index (χ4v) is 4.56. The van der Waals surface area contributed by atoms with Crippen LogP contribution >= 0.6 is 0 Å². The molecule has 4 rings (SSSR count). The fraction of sp³-hybridized carbons (Fsp3) is 0.591. The lowest BCUT2D eigenvalue weighted by Crippen LogP contribution is -2.34. The highest BCUT2D eigenvalue weighted by Gasteiger charge is 2.17. The van der Waals surface area contributed by atoms with Crippen molar-refractivity contribution < 1.29 is 4.79 Å². The van der Waals surface area contributed by atoms with Crippen LogP contribution in [0.2, 0.25) is 0 Å². The maximum atomic E-state index is 12.7. The van der Waals surface area contributed by atoms with Gasteiger partial charge in [0.1, 0.15) is 0 Å². The van der Waals surface area contributed by atoms with Gasteiger partial charge in [0.15, 0.2) is 0 Å². The molecule has 1 amide bonds. The van der Waals surface area contributed by atoms with E-state index in [0.29, 0.717) is 5.92 Å². The molecule has 1 aliphatic heterocycles. The summed E-state index contributed by atoms with van der Waals surface area (Å²) in [5.41, 5.74) is 4.79. The summed E-state index contributed by atoms with van der Waals surface area (Å²) in [5.74, 6) is 0.549. The number of fused-ring (bicyclic) bond motifs is 3. The van der Waals surface area contributed by atoms with Gasteiger partial charge in [-0.25, -0.2) is 0 Å². The van der Waals surface area contributed by atoms with E-state index in [1.54, 1.807) is 0 Å². The second-order valence-corrected chi connectivity index (χ2v) is 8.23. The third kappa shape index (κ3) is 3.80. The number of hydrogen-bond donors (Lipinski definition) is 2. The number of H-pyrrole nitrogens is 1. The second-order valence-electron chi connectivity index (χ2n) is 8.23. The standard InChI is InChI=1S/C22H31N3O/c1-16(15-25-11-5-6-12-25)14-23-22(26)17-9-10-21-19(13-17)18-7-3-2-4-8-20(18)24-21/h9-10,13,16,24H,2-8,11-12,14-15H2,1H3,(H,23,26)/t16-/m0/s1. The van der Waals surface area contributed by atoms with Crippen molar-refractivity contribution >= 4 is 16.8 Å². The number of carbonyl (C=O) groups excluding carboxylic acids is 1. The van der Waals surface area contributed by atoms with Crippen LogP contribution in [0, 0.1) is 5.92 Å². The van der Waals surface area contributed by atoms with Crippen molar-refractivity contribution in [2.75, 3.05) is 26.2 Å². The van der Waals surface area contributed by atoms with Crippen molar-refractivity contribution in [2.24, 2.45) is 5.92 Å². The maximum absolute atomic E-state index is 12.7. The number of nitrogens with zero attached hydrogens (tertiary/aromatic N) is 1. The van der Waals surface area contributed by atoms with Crippen LogP contribution in [0.4, 0.5) is 0 Å². The second kappa shape index (κ2) is 7.83. The summed E-state index contributed by atoms with van der Waals surface area (Å²) in [7, 11) is 0. The number of aromatic nitrogens is 1. The molecule has 0 saturated carbocycles. The Morgan fingerprint density at radius 3 is 2.81 bits per heavy atom. The van der Waals surface area contributed by atoms with Crippen LogP contribution in [0.25, 0.3) is 10.9 Å². The van der Waals surface area contributed by atoms with Crippen LogP contribution in [0.3, 0.4) is 0 Å². The molecule has 4 nitrogen and oxygen atoms in total. The van der Waals surface area contributed by atoms with Gasteiger partial charge in [0, 0.05) is 35.2 Å². The molecule has 2 N–H and O–H groups in total. The summed E-state index contributed by atoms with van der Waals surface area (Å²) in [5, 5.41) is 4.40. The van der Waals surface area contributed by atoms with Gasteiger partial charge < -0.3 is 15.2 Å². The first-order chi connectivity index (χ1) is 12.7. The number of amides is 1. The molecule has 0 radical (unpaired) electrons. The molecule has 4 heteroatoms. The van der Waals surface area contributed by atoms with Gasteiger partial charge in [-0.2, -0.15) is 0 Å². The molecule has 0 spiro atoms. The lowest BCUT2D eigenvalue weighted by molar-refractivity contribution is 0.0945. The Balaban J connectivity index is 1.42. The summed E-state index contributed by atoms with van der Waals surface area (Å²) in [6.07, 6.45) is 8.73. The minimum atomic E-state index is 0.0590. The Bertz CT molecular complexity index is 773. The van der Waals surface area contributed by atoms with E-state index >= 15 is 0 Å². The van der Waals surface area contributed by atoms with Gasteiger partial charge in [0.2, 0.25) is 0 Å². The van der Waals surface area contributed by atoms with Crippen LogP contribution in [-0.2, 0) is 12.8 Å². The zero-order valence-corrected chi connectivity index (χ0v) is 15.9. The van der Waals surface area contributed by atoms with E-state index in [1.165, 1.54) is 67.4 Å². The largest absolute Gasteiger partial charge is 0.358 e.